The van der Waals surface area contributed by atoms with Crippen LogP contribution in [-0.2, 0) is 14.2 Å². The highest BCUT2D eigenvalue weighted by Gasteiger charge is 2.44. The molecule has 27 heavy (non-hydrogen) atoms. The summed E-state index contributed by atoms with van der Waals surface area (Å²) in [6.07, 6.45) is 3.33. The van der Waals surface area contributed by atoms with Gasteiger partial charge in [0.05, 0.1) is 12.9 Å². The summed E-state index contributed by atoms with van der Waals surface area (Å²) in [6, 6.07) is 0. The van der Waals surface area contributed by atoms with Crippen LogP contribution in [0.1, 0.15) is 31.9 Å². The fourth-order valence-electron chi connectivity index (χ4n) is 3.93. The maximum absolute atomic E-state index is 10.4. The quantitative estimate of drug-likeness (QED) is 0.613. The molecule has 3 N–H and O–H groups in total. The lowest BCUT2D eigenvalue weighted by atomic mass is 10.1. The van der Waals surface area contributed by atoms with Crippen LogP contribution >= 0.6 is 0 Å². The van der Waals surface area contributed by atoms with Gasteiger partial charge < -0.3 is 29.7 Å². The van der Waals surface area contributed by atoms with Crippen molar-refractivity contribution >= 4 is 17.0 Å². The molecule has 148 valence electrons. The van der Waals surface area contributed by atoms with Gasteiger partial charge in [-0.1, -0.05) is 0 Å². The van der Waals surface area contributed by atoms with Gasteiger partial charge in [-0.15, -0.1) is 0 Å². The number of ether oxygens (including phenoxy) is 3. The van der Waals surface area contributed by atoms with Gasteiger partial charge in [-0.2, -0.15) is 0 Å². The SMILES string of the molecule is COC[C@H]1O[C@@H](n2cnc3c(NC4(OC)CCCC4)ncnc32)C(O)C1O. The van der Waals surface area contributed by atoms with Gasteiger partial charge in [0.2, 0.25) is 0 Å². The average Bonchev–Trinajstić information content (AvgIpc) is 3.38. The fourth-order valence-corrected chi connectivity index (χ4v) is 3.93. The summed E-state index contributed by atoms with van der Waals surface area (Å²) in [6.45, 7) is 0.180. The molecule has 2 fully saturated rings. The maximum Gasteiger partial charge on any atom is 0.167 e. The van der Waals surface area contributed by atoms with Gasteiger partial charge in [-0.25, -0.2) is 15.0 Å². The molecule has 0 bridgehead atoms. The van der Waals surface area contributed by atoms with E-state index in [1.54, 1.807) is 11.7 Å². The van der Waals surface area contributed by atoms with Crippen LogP contribution in [0.15, 0.2) is 12.7 Å². The number of nitrogens with zero attached hydrogens (tertiary/aromatic N) is 4. The van der Waals surface area contributed by atoms with Crippen molar-refractivity contribution in [2.24, 2.45) is 0 Å². The van der Waals surface area contributed by atoms with Crippen molar-refractivity contribution in [1.82, 2.24) is 19.5 Å². The van der Waals surface area contributed by atoms with Crippen LogP contribution in [0.3, 0.4) is 0 Å². The lowest BCUT2D eigenvalue weighted by Crippen LogP contribution is -2.37. The van der Waals surface area contributed by atoms with E-state index in [-0.39, 0.29) is 6.61 Å². The number of aromatic nitrogens is 4. The van der Waals surface area contributed by atoms with Gasteiger partial charge >= 0.3 is 0 Å². The number of anilines is 1. The monoisotopic (exact) mass is 379 g/mol. The van der Waals surface area contributed by atoms with Crippen molar-refractivity contribution in [1.29, 1.82) is 0 Å². The minimum Gasteiger partial charge on any atom is -0.387 e. The Labute approximate surface area is 156 Å². The van der Waals surface area contributed by atoms with Gasteiger partial charge in [0.1, 0.15) is 30.4 Å². The molecule has 1 aliphatic heterocycles. The first-order valence-corrected chi connectivity index (χ1v) is 9.10. The molecule has 1 saturated carbocycles. The fraction of sp³-hybridized carbons (Fsp3) is 0.706. The molecule has 2 aliphatic rings. The Balaban J connectivity index is 1.65. The number of hydrogen-bond donors (Lipinski definition) is 3. The van der Waals surface area contributed by atoms with E-state index in [9.17, 15) is 10.2 Å². The lowest BCUT2D eigenvalue weighted by Gasteiger charge is -2.29. The standard InChI is InChI=1S/C17H25N5O5/c1-25-7-10-12(23)13(24)16(27-10)22-9-20-11-14(18-8-19-15(11)22)21-17(26-2)5-3-4-6-17/h8-10,12-13,16,23-24H,3-7H2,1-2H3,(H,18,19,21)/t10-,12?,13?,16-/m1/s1. The van der Waals surface area contributed by atoms with Gasteiger partial charge in [0.25, 0.3) is 0 Å². The third-order valence-corrected chi connectivity index (χ3v) is 5.45. The highest BCUT2D eigenvalue weighted by atomic mass is 16.6. The van der Waals surface area contributed by atoms with E-state index >= 15 is 0 Å². The van der Waals surface area contributed by atoms with E-state index in [2.05, 4.69) is 20.3 Å². The number of imidazole rings is 1. The minimum atomic E-state index is -1.12. The molecule has 3 heterocycles. The number of rotatable bonds is 6. The van der Waals surface area contributed by atoms with Crippen LogP contribution in [0, 0.1) is 0 Å². The average molecular weight is 379 g/mol. The maximum atomic E-state index is 10.4. The molecule has 1 aliphatic carbocycles. The number of methoxy groups -OCH3 is 2. The van der Waals surface area contributed by atoms with Crippen LogP contribution in [0.25, 0.3) is 11.2 Å². The lowest BCUT2D eigenvalue weighted by molar-refractivity contribution is -0.0580. The Morgan fingerprint density at radius 2 is 2.00 bits per heavy atom. The highest BCUT2D eigenvalue weighted by Crippen LogP contribution is 2.36. The Hall–Kier alpha value is -1.85. The third kappa shape index (κ3) is 3.17. The van der Waals surface area contributed by atoms with E-state index in [1.165, 1.54) is 19.8 Å². The predicted molar refractivity (Wildman–Crippen MR) is 95.0 cm³/mol. The Morgan fingerprint density at radius 1 is 1.22 bits per heavy atom. The highest BCUT2D eigenvalue weighted by molar-refractivity contribution is 5.83. The normalized spacial score (nSPS) is 30.2. The summed E-state index contributed by atoms with van der Waals surface area (Å²) in [7, 11) is 3.21. The predicted octanol–water partition coefficient (Wildman–Crippen LogP) is 0.420. The van der Waals surface area contributed by atoms with Gasteiger partial charge in [0, 0.05) is 14.2 Å². The first-order valence-electron chi connectivity index (χ1n) is 9.10. The van der Waals surface area contributed by atoms with E-state index in [0.717, 1.165) is 25.7 Å². The molecular formula is C17H25N5O5. The zero-order chi connectivity index (χ0) is 19.0. The van der Waals surface area contributed by atoms with Crippen molar-refractivity contribution < 1.29 is 24.4 Å². The molecule has 0 amide bonds. The Morgan fingerprint density at radius 3 is 2.70 bits per heavy atom. The van der Waals surface area contributed by atoms with Gasteiger partial charge in [0.15, 0.2) is 23.2 Å². The topological polar surface area (TPSA) is 124 Å². The molecule has 2 aromatic heterocycles. The summed E-state index contributed by atoms with van der Waals surface area (Å²) in [5, 5.41) is 24.0. The number of aliphatic hydroxyl groups is 2. The first kappa shape index (κ1) is 18.5. The van der Waals surface area contributed by atoms with Crippen LogP contribution in [0.2, 0.25) is 0 Å². The van der Waals surface area contributed by atoms with Crippen LogP contribution < -0.4 is 5.32 Å². The van der Waals surface area contributed by atoms with E-state index in [1.807, 2.05) is 0 Å². The minimum absolute atomic E-state index is 0.180. The van der Waals surface area contributed by atoms with Crippen LogP contribution in [-0.4, -0.2) is 74.6 Å². The van der Waals surface area contributed by atoms with Gasteiger partial charge in [-0.3, -0.25) is 4.57 Å². The second kappa shape index (κ2) is 7.28. The largest absolute Gasteiger partial charge is 0.387 e. The van der Waals surface area contributed by atoms with Crippen molar-refractivity contribution in [2.45, 2.75) is 55.9 Å². The van der Waals surface area contributed by atoms with Crippen molar-refractivity contribution in [3.05, 3.63) is 12.7 Å². The van der Waals surface area contributed by atoms with Crippen molar-refractivity contribution in [3.63, 3.8) is 0 Å². The summed E-state index contributed by atoms with van der Waals surface area (Å²) < 4.78 is 18.2. The summed E-state index contributed by atoms with van der Waals surface area (Å²) in [4.78, 5) is 13.1. The van der Waals surface area contributed by atoms with Crippen LogP contribution in [0.5, 0.6) is 0 Å². The number of nitrogens with one attached hydrogen (secondary N) is 1. The molecule has 1 saturated heterocycles. The third-order valence-electron chi connectivity index (χ3n) is 5.45. The van der Waals surface area contributed by atoms with Gasteiger partial charge in [-0.05, 0) is 25.7 Å². The molecular weight excluding hydrogens is 354 g/mol. The molecule has 0 aromatic carbocycles. The van der Waals surface area contributed by atoms with E-state index < -0.39 is 30.3 Å². The van der Waals surface area contributed by atoms with Crippen molar-refractivity contribution in [3.8, 4) is 0 Å². The molecule has 10 heteroatoms. The molecule has 4 rings (SSSR count). The number of hydrogen-bond acceptors (Lipinski definition) is 9. The second-order valence-corrected chi connectivity index (χ2v) is 7.08. The first-order chi connectivity index (χ1) is 13.1. The zero-order valence-electron chi connectivity index (χ0n) is 15.4. The Kier molecular flexibility index (Phi) is 4.99. The molecule has 2 aromatic rings. The van der Waals surface area contributed by atoms with Crippen molar-refractivity contribution in [2.75, 3.05) is 26.1 Å². The smallest absolute Gasteiger partial charge is 0.167 e. The van der Waals surface area contributed by atoms with E-state index in [0.29, 0.717) is 17.0 Å². The molecule has 0 radical (unpaired) electrons. The Bertz CT molecular complexity index is 793. The molecule has 2 unspecified atom stereocenters. The summed E-state index contributed by atoms with van der Waals surface area (Å²) in [5.41, 5.74) is 0.612. The molecule has 4 atom stereocenters. The number of fused-ring (bicyclic) bond motifs is 1. The zero-order valence-corrected chi connectivity index (χ0v) is 15.4. The molecule has 0 spiro atoms. The number of aliphatic hydroxyl groups excluding tert-OH is 2. The molecule has 10 nitrogen and oxygen atoms in total. The van der Waals surface area contributed by atoms with Crippen LogP contribution in [0.4, 0.5) is 5.82 Å². The van der Waals surface area contributed by atoms with E-state index in [4.69, 9.17) is 14.2 Å². The second-order valence-electron chi connectivity index (χ2n) is 7.08. The summed E-state index contributed by atoms with van der Waals surface area (Å²) >= 11 is 0. The summed E-state index contributed by atoms with van der Waals surface area (Å²) in [5.74, 6) is 0.573.